The molecule has 7 heteroatoms. The Hall–Kier alpha value is -2.93. The van der Waals surface area contributed by atoms with Gasteiger partial charge in [-0.2, -0.15) is 0 Å². The van der Waals surface area contributed by atoms with Gasteiger partial charge in [0.2, 0.25) is 0 Å². The molecule has 0 atom stereocenters. The largest absolute Gasteiger partial charge is 0.492 e. The van der Waals surface area contributed by atoms with Crippen molar-refractivity contribution in [1.82, 2.24) is 10.2 Å². The van der Waals surface area contributed by atoms with Gasteiger partial charge in [0.25, 0.3) is 11.8 Å². The Morgan fingerprint density at radius 2 is 1.83 bits per heavy atom. The van der Waals surface area contributed by atoms with E-state index in [2.05, 4.69) is 10.6 Å². The monoisotopic (exact) mass is 425 g/mol. The van der Waals surface area contributed by atoms with Crippen LogP contribution < -0.4 is 15.4 Å². The minimum absolute atomic E-state index is 0.0160. The molecule has 0 aromatic heterocycles. The number of hydrogen-bond donors (Lipinski definition) is 2. The van der Waals surface area contributed by atoms with Gasteiger partial charge < -0.3 is 15.0 Å². The van der Waals surface area contributed by atoms with Crippen LogP contribution in [0.4, 0.5) is 5.69 Å². The molecule has 1 saturated heterocycles. The molecule has 1 heterocycles. The Morgan fingerprint density at radius 3 is 2.57 bits per heavy atom. The lowest BCUT2D eigenvalue weighted by Crippen LogP contribution is -2.34. The molecule has 158 valence electrons. The molecule has 0 radical (unpaired) electrons. The van der Waals surface area contributed by atoms with Gasteiger partial charge in [0.05, 0.1) is 12.2 Å². The van der Waals surface area contributed by atoms with E-state index in [9.17, 15) is 9.59 Å². The molecule has 30 heavy (non-hydrogen) atoms. The summed E-state index contributed by atoms with van der Waals surface area (Å²) in [4.78, 5) is 27.1. The number of hydrogen-bond acceptors (Lipinski definition) is 4. The SMILES string of the molecule is CC(C)COc1ccccc1C(=O)NC(=S)Nc1cccc(C(=O)N2CCCC2)c1. The van der Waals surface area contributed by atoms with Gasteiger partial charge >= 0.3 is 0 Å². The van der Waals surface area contributed by atoms with Crippen molar-refractivity contribution in [2.75, 3.05) is 25.0 Å². The van der Waals surface area contributed by atoms with Crippen LogP contribution in [-0.2, 0) is 0 Å². The Morgan fingerprint density at radius 1 is 1.10 bits per heavy atom. The van der Waals surface area contributed by atoms with Crippen molar-refractivity contribution in [3.63, 3.8) is 0 Å². The average Bonchev–Trinajstić information content (AvgIpc) is 3.26. The summed E-state index contributed by atoms with van der Waals surface area (Å²) in [6.45, 7) is 6.20. The predicted octanol–water partition coefficient (Wildman–Crippen LogP) is 4.08. The Balaban J connectivity index is 1.63. The summed E-state index contributed by atoms with van der Waals surface area (Å²) >= 11 is 5.30. The Bertz CT molecular complexity index is 923. The molecule has 2 aromatic rings. The van der Waals surface area contributed by atoms with E-state index < -0.39 is 0 Å². The van der Waals surface area contributed by atoms with Crippen molar-refractivity contribution in [1.29, 1.82) is 0 Å². The molecule has 1 fully saturated rings. The summed E-state index contributed by atoms with van der Waals surface area (Å²) in [5, 5.41) is 5.83. The van der Waals surface area contributed by atoms with E-state index in [4.69, 9.17) is 17.0 Å². The molecule has 0 aliphatic carbocycles. The molecular weight excluding hydrogens is 398 g/mol. The molecule has 3 rings (SSSR count). The van der Waals surface area contributed by atoms with E-state index in [1.807, 2.05) is 24.8 Å². The molecule has 2 aromatic carbocycles. The first-order valence-corrected chi connectivity index (χ1v) is 10.6. The number of carbonyl (C=O) groups is 2. The van der Waals surface area contributed by atoms with Crippen molar-refractivity contribution >= 4 is 34.8 Å². The zero-order valence-electron chi connectivity index (χ0n) is 17.3. The Kier molecular flexibility index (Phi) is 7.41. The third kappa shape index (κ3) is 5.79. The number of nitrogens with one attached hydrogen (secondary N) is 2. The second kappa shape index (κ2) is 10.2. The fourth-order valence-electron chi connectivity index (χ4n) is 3.20. The van der Waals surface area contributed by atoms with E-state index in [-0.39, 0.29) is 16.9 Å². The smallest absolute Gasteiger partial charge is 0.261 e. The van der Waals surface area contributed by atoms with Crippen LogP contribution in [0.15, 0.2) is 48.5 Å². The van der Waals surface area contributed by atoms with Crippen molar-refractivity contribution in [3.05, 3.63) is 59.7 Å². The number of nitrogens with zero attached hydrogens (tertiary/aromatic N) is 1. The number of thiocarbonyl (C=S) groups is 1. The number of benzene rings is 2. The van der Waals surface area contributed by atoms with Gasteiger partial charge in [0.15, 0.2) is 5.11 Å². The van der Waals surface area contributed by atoms with E-state index in [0.29, 0.717) is 35.1 Å². The zero-order chi connectivity index (χ0) is 21.5. The second-order valence-corrected chi connectivity index (χ2v) is 8.10. The molecular formula is C23H27N3O3S. The highest BCUT2D eigenvalue weighted by molar-refractivity contribution is 7.80. The Labute approximate surface area is 182 Å². The third-order valence-electron chi connectivity index (χ3n) is 4.69. The lowest BCUT2D eigenvalue weighted by Gasteiger charge is -2.16. The number of rotatable bonds is 6. The molecule has 0 spiro atoms. The standard InChI is InChI=1S/C23H27N3O3S/c1-16(2)15-29-20-11-4-3-10-19(20)21(27)25-23(30)24-18-9-7-8-17(14-18)22(28)26-12-5-6-13-26/h3-4,7-11,14,16H,5-6,12-13,15H2,1-2H3,(H2,24,25,27,30). The maximum absolute atomic E-state index is 12.7. The van der Waals surface area contributed by atoms with Crippen LogP contribution in [0.3, 0.4) is 0 Å². The van der Waals surface area contributed by atoms with E-state index in [0.717, 1.165) is 25.9 Å². The molecule has 0 unspecified atom stereocenters. The normalized spacial score (nSPS) is 13.2. The molecule has 1 aliphatic rings. The zero-order valence-corrected chi connectivity index (χ0v) is 18.1. The summed E-state index contributed by atoms with van der Waals surface area (Å²) in [6, 6.07) is 14.2. The third-order valence-corrected chi connectivity index (χ3v) is 4.90. The molecule has 1 aliphatic heterocycles. The van der Waals surface area contributed by atoms with Gasteiger partial charge in [-0.1, -0.05) is 32.0 Å². The lowest BCUT2D eigenvalue weighted by molar-refractivity contribution is 0.0792. The first kappa shape index (κ1) is 21.8. The van der Waals surface area contributed by atoms with Crippen LogP contribution in [0.25, 0.3) is 0 Å². The number of amides is 2. The molecule has 2 N–H and O–H groups in total. The van der Waals surface area contributed by atoms with E-state index in [1.54, 1.807) is 42.5 Å². The van der Waals surface area contributed by atoms with Gasteiger partial charge in [-0.3, -0.25) is 14.9 Å². The van der Waals surface area contributed by atoms with Crippen LogP contribution >= 0.6 is 12.2 Å². The number of likely N-dealkylation sites (tertiary alicyclic amines) is 1. The first-order chi connectivity index (χ1) is 14.4. The van der Waals surface area contributed by atoms with Crippen LogP contribution in [-0.4, -0.2) is 41.5 Å². The molecule has 2 amide bonds. The number of ether oxygens (including phenoxy) is 1. The summed E-state index contributed by atoms with van der Waals surface area (Å²) in [6.07, 6.45) is 2.09. The van der Waals surface area contributed by atoms with Crippen molar-refractivity contribution in [2.24, 2.45) is 5.92 Å². The van der Waals surface area contributed by atoms with E-state index >= 15 is 0 Å². The van der Waals surface area contributed by atoms with Crippen molar-refractivity contribution in [2.45, 2.75) is 26.7 Å². The maximum atomic E-state index is 12.7. The fraction of sp³-hybridized carbons (Fsp3) is 0.348. The quantitative estimate of drug-likeness (QED) is 0.683. The summed E-state index contributed by atoms with van der Waals surface area (Å²) in [5.74, 6) is 0.530. The van der Waals surface area contributed by atoms with Crippen LogP contribution in [0.2, 0.25) is 0 Å². The highest BCUT2D eigenvalue weighted by atomic mass is 32.1. The second-order valence-electron chi connectivity index (χ2n) is 7.69. The van der Waals surface area contributed by atoms with Crippen molar-refractivity contribution in [3.8, 4) is 5.75 Å². The van der Waals surface area contributed by atoms with Gasteiger partial charge in [-0.05, 0) is 61.3 Å². The molecule has 0 bridgehead atoms. The maximum Gasteiger partial charge on any atom is 0.261 e. The van der Waals surface area contributed by atoms with Crippen LogP contribution in [0.1, 0.15) is 47.4 Å². The number of anilines is 1. The van der Waals surface area contributed by atoms with Crippen molar-refractivity contribution < 1.29 is 14.3 Å². The minimum Gasteiger partial charge on any atom is -0.492 e. The highest BCUT2D eigenvalue weighted by Gasteiger charge is 2.20. The topological polar surface area (TPSA) is 70.7 Å². The summed E-state index contributed by atoms with van der Waals surface area (Å²) in [7, 11) is 0. The van der Waals surface area contributed by atoms with Gasteiger partial charge in [0.1, 0.15) is 5.75 Å². The first-order valence-electron chi connectivity index (χ1n) is 10.2. The summed E-state index contributed by atoms with van der Waals surface area (Å²) in [5.41, 5.74) is 1.67. The highest BCUT2D eigenvalue weighted by Crippen LogP contribution is 2.19. The van der Waals surface area contributed by atoms with Gasteiger partial charge in [0, 0.05) is 24.3 Å². The van der Waals surface area contributed by atoms with Gasteiger partial charge in [-0.25, -0.2) is 0 Å². The molecule has 0 saturated carbocycles. The van der Waals surface area contributed by atoms with Gasteiger partial charge in [-0.15, -0.1) is 0 Å². The van der Waals surface area contributed by atoms with Crippen LogP contribution in [0.5, 0.6) is 5.75 Å². The van der Waals surface area contributed by atoms with E-state index in [1.165, 1.54) is 0 Å². The predicted molar refractivity (Wildman–Crippen MR) is 122 cm³/mol. The minimum atomic E-state index is -0.351. The number of carbonyl (C=O) groups excluding carboxylic acids is 2. The average molecular weight is 426 g/mol. The van der Waals surface area contributed by atoms with Crippen LogP contribution in [0, 0.1) is 5.92 Å². The number of para-hydroxylation sites is 1. The summed E-state index contributed by atoms with van der Waals surface area (Å²) < 4.78 is 5.74. The molecule has 6 nitrogen and oxygen atoms in total. The lowest BCUT2D eigenvalue weighted by atomic mass is 10.1. The fourth-order valence-corrected chi connectivity index (χ4v) is 3.41.